The minimum Gasteiger partial charge on any atom is -0.375 e. The molecule has 7 heteroatoms. The molecule has 1 aliphatic rings. The first kappa shape index (κ1) is 14.0. The molecule has 0 amide bonds. The van der Waals surface area contributed by atoms with Crippen LogP contribution in [0.25, 0.3) is 0 Å². The smallest absolute Gasteiger partial charge is 0.311 e. The van der Waals surface area contributed by atoms with E-state index in [1.807, 2.05) is 18.7 Å². The second kappa shape index (κ2) is 5.71. The molecule has 1 aromatic rings. The standard InChI is InChI=1S/C12H16ClN3O3/c1-3-9-7-19-8(2)6-15(9)12-10(16(17)18)4-5-11(13)14-12/h4-5,8-9H,3,6-7H2,1-2H3. The van der Waals surface area contributed by atoms with Gasteiger partial charge in [-0.25, -0.2) is 4.98 Å². The predicted octanol–water partition coefficient (Wildman–Crippen LogP) is 2.65. The highest BCUT2D eigenvalue weighted by Crippen LogP contribution is 2.31. The molecule has 6 nitrogen and oxygen atoms in total. The topological polar surface area (TPSA) is 68.5 Å². The minimum absolute atomic E-state index is 0.0167. The first-order valence-corrected chi connectivity index (χ1v) is 6.60. The van der Waals surface area contributed by atoms with Crippen LogP contribution in [0, 0.1) is 10.1 Å². The fraction of sp³-hybridized carbons (Fsp3) is 0.583. The number of nitro groups is 1. The van der Waals surface area contributed by atoms with E-state index in [1.54, 1.807) is 0 Å². The monoisotopic (exact) mass is 285 g/mol. The maximum Gasteiger partial charge on any atom is 0.311 e. The van der Waals surface area contributed by atoms with E-state index in [4.69, 9.17) is 16.3 Å². The van der Waals surface area contributed by atoms with Crippen LogP contribution in [0.3, 0.4) is 0 Å². The third kappa shape index (κ3) is 2.96. The number of hydrogen-bond donors (Lipinski definition) is 0. The molecule has 1 saturated heterocycles. The molecule has 0 aromatic carbocycles. The van der Waals surface area contributed by atoms with Crippen molar-refractivity contribution in [1.82, 2.24) is 4.98 Å². The Hall–Kier alpha value is -1.40. The van der Waals surface area contributed by atoms with Gasteiger partial charge in [-0.1, -0.05) is 18.5 Å². The Labute approximate surface area is 116 Å². The zero-order chi connectivity index (χ0) is 14.0. The van der Waals surface area contributed by atoms with Gasteiger partial charge in [0.05, 0.1) is 23.7 Å². The highest BCUT2D eigenvalue weighted by molar-refractivity contribution is 6.29. The average Bonchev–Trinajstić information content (AvgIpc) is 2.38. The van der Waals surface area contributed by atoms with Gasteiger partial charge in [-0.3, -0.25) is 10.1 Å². The summed E-state index contributed by atoms with van der Waals surface area (Å²) in [6.07, 6.45) is 0.848. The van der Waals surface area contributed by atoms with Crippen molar-refractivity contribution in [2.45, 2.75) is 32.4 Å². The van der Waals surface area contributed by atoms with Crippen molar-refractivity contribution in [1.29, 1.82) is 0 Å². The molecule has 0 radical (unpaired) electrons. The van der Waals surface area contributed by atoms with E-state index in [0.717, 1.165) is 6.42 Å². The third-order valence-electron chi connectivity index (χ3n) is 3.23. The fourth-order valence-corrected chi connectivity index (χ4v) is 2.36. The normalized spacial score (nSPS) is 23.4. The first-order chi connectivity index (χ1) is 9.02. The highest BCUT2D eigenvalue weighted by atomic mass is 35.5. The van der Waals surface area contributed by atoms with Crippen LogP contribution in [0.4, 0.5) is 11.5 Å². The number of anilines is 1. The zero-order valence-electron chi connectivity index (χ0n) is 10.9. The molecule has 0 bridgehead atoms. The van der Waals surface area contributed by atoms with Crippen molar-refractivity contribution in [3.05, 3.63) is 27.4 Å². The van der Waals surface area contributed by atoms with E-state index in [1.165, 1.54) is 12.1 Å². The molecule has 2 atom stereocenters. The van der Waals surface area contributed by atoms with Crippen LogP contribution in [0.2, 0.25) is 5.15 Å². The summed E-state index contributed by atoms with van der Waals surface area (Å²) >= 11 is 5.88. The lowest BCUT2D eigenvalue weighted by atomic mass is 10.1. The van der Waals surface area contributed by atoms with Crippen molar-refractivity contribution in [3.8, 4) is 0 Å². The lowest BCUT2D eigenvalue weighted by molar-refractivity contribution is -0.384. The molecule has 104 valence electrons. The molecule has 0 saturated carbocycles. The molecule has 1 aliphatic heterocycles. The largest absolute Gasteiger partial charge is 0.375 e. The first-order valence-electron chi connectivity index (χ1n) is 6.22. The number of aromatic nitrogens is 1. The van der Waals surface area contributed by atoms with Crippen LogP contribution < -0.4 is 4.90 Å². The molecular formula is C12H16ClN3O3. The van der Waals surface area contributed by atoms with Crippen molar-refractivity contribution < 1.29 is 9.66 Å². The van der Waals surface area contributed by atoms with Crippen LogP contribution >= 0.6 is 11.6 Å². The summed E-state index contributed by atoms with van der Waals surface area (Å²) in [6, 6.07) is 2.92. The molecule has 0 spiro atoms. The van der Waals surface area contributed by atoms with Gasteiger partial charge in [-0.2, -0.15) is 0 Å². The van der Waals surface area contributed by atoms with E-state index >= 15 is 0 Å². The molecule has 2 unspecified atom stereocenters. The fourth-order valence-electron chi connectivity index (χ4n) is 2.21. The molecule has 0 aliphatic carbocycles. The molecule has 19 heavy (non-hydrogen) atoms. The number of hydrogen-bond acceptors (Lipinski definition) is 5. The van der Waals surface area contributed by atoms with Crippen LogP contribution in [-0.4, -0.2) is 35.2 Å². The SMILES string of the molecule is CCC1COC(C)CN1c1nc(Cl)ccc1[N+](=O)[O-]. The third-order valence-corrected chi connectivity index (χ3v) is 3.44. The van der Waals surface area contributed by atoms with Crippen molar-refractivity contribution in [2.75, 3.05) is 18.1 Å². The van der Waals surface area contributed by atoms with Gasteiger partial charge in [0, 0.05) is 12.6 Å². The second-order valence-electron chi connectivity index (χ2n) is 4.59. The Balaban J connectivity index is 2.42. The number of rotatable bonds is 3. The summed E-state index contributed by atoms with van der Waals surface area (Å²) in [7, 11) is 0. The van der Waals surface area contributed by atoms with E-state index in [-0.39, 0.29) is 23.0 Å². The summed E-state index contributed by atoms with van der Waals surface area (Å²) < 4.78 is 5.59. The Kier molecular flexibility index (Phi) is 4.21. The summed E-state index contributed by atoms with van der Waals surface area (Å²) in [6.45, 7) is 5.08. The highest BCUT2D eigenvalue weighted by Gasteiger charge is 2.31. The minimum atomic E-state index is -0.425. The number of pyridine rings is 1. The van der Waals surface area contributed by atoms with Crippen LogP contribution in [0.1, 0.15) is 20.3 Å². The summed E-state index contributed by atoms with van der Waals surface area (Å²) in [4.78, 5) is 16.8. The number of morpholine rings is 1. The van der Waals surface area contributed by atoms with Crippen LogP contribution in [-0.2, 0) is 4.74 Å². The van der Waals surface area contributed by atoms with E-state index in [2.05, 4.69) is 4.98 Å². The second-order valence-corrected chi connectivity index (χ2v) is 4.98. The lowest BCUT2D eigenvalue weighted by Gasteiger charge is -2.38. The Morgan fingerprint density at radius 2 is 2.37 bits per heavy atom. The van der Waals surface area contributed by atoms with Gasteiger partial charge in [-0.05, 0) is 19.4 Å². The van der Waals surface area contributed by atoms with Gasteiger partial charge in [0.15, 0.2) is 0 Å². The zero-order valence-corrected chi connectivity index (χ0v) is 11.6. The molecular weight excluding hydrogens is 270 g/mol. The molecule has 0 N–H and O–H groups in total. The Morgan fingerprint density at radius 3 is 3.00 bits per heavy atom. The van der Waals surface area contributed by atoms with Gasteiger partial charge in [-0.15, -0.1) is 0 Å². The van der Waals surface area contributed by atoms with E-state index < -0.39 is 4.92 Å². The van der Waals surface area contributed by atoms with E-state index in [9.17, 15) is 10.1 Å². The lowest BCUT2D eigenvalue weighted by Crippen LogP contribution is -2.49. The summed E-state index contributed by atoms with van der Waals surface area (Å²) in [5, 5.41) is 11.4. The van der Waals surface area contributed by atoms with Gasteiger partial charge in [0.25, 0.3) is 0 Å². The molecule has 1 fully saturated rings. The van der Waals surface area contributed by atoms with Gasteiger partial charge >= 0.3 is 5.69 Å². The van der Waals surface area contributed by atoms with Gasteiger partial charge < -0.3 is 9.64 Å². The van der Waals surface area contributed by atoms with Crippen LogP contribution in [0.5, 0.6) is 0 Å². The Bertz CT molecular complexity index is 483. The molecule has 1 aromatic heterocycles. The molecule has 2 rings (SSSR count). The predicted molar refractivity (Wildman–Crippen MR) is 72.7 cm³/mol. The van der Waals surface area contributed by atoms with Crippen LogP contribution in [0.15, 0.2) is 12.1 Å². The number of nitrogens with zero attached hydrogens (tertiary/aromatic N) is 3. The number of ether oxygens (including phenoxy) is 1. The number of halogens is 1. The quantitative estimate of drug-likeness (QED) is 0.485. The van der Waals surface area contributed by atoms with Crippen molar-refractivity contribution in [3.63, 3.8) is 0 Å². The van der Waals surface area contributed by atoms with Crippen molar-refractivity contribution in [2.24, 2.45) is 0 Å². The summed E-state index contributed by atoms with van der Waals surface area (Å²) in [5.41, 5.74) is -0.0167. The van der Waals surface area contributed by atoms with Crippen molar-refractivity contribution >= 4 is 23.1 Å². The summed E-state index contributed by atoms with van der Waals surface area (Å²) in [5.74, 6) is 0.333. The maximum atomic E-state index is 11.1. The maximum absolute atomic E-state index is 11.1. The average molecular weight is 286 g/mol. The Morgan fingerprint density at radius 1 is 1.63 bits per heavy atom. The van der Waals surface area contributed by atoms with Gasteiger partial charge in [0.1, 0.15) is 5.15 Å². The van der Waals surface area contributed by atoms with Gasteiger partial charge in [0.2, 0.25) is 5.82 Å². The molecule has 2 heterocycles. The van der Waals surface area contributed by atoms with E-state index in [0.29, 0.717) is 19.0 Å².